The molecule has 17 heavy (non-hydrogen) atoms. The maximum atomic E-state index is 11.8. The molecule has 0 radical (unpaired) electrons. The second kappa shape index (κ2) is 4.95. The lowest BCUT2D eigenvalue weighted by Crippen LogP contribution is -2.14. The molecule has 2 rings (SSSR count). The van der Waals surface area contributed by atoms with Crippen LogP contribution in [0.5, 0.6) is 0 Å². The molecule has 0 atom stereocenters. The number of amides is 1. The highest BCUT2D eigenvalue weighted by atomic mass is 35.5. The number of hydrogen-bond acceptors (Lipinski definition) is 5. The Morgan fingerprint density at radius 2 is 2.18 bits per heavy atom. The number of carbonyl (C=O) groups is 1. The van der Waals surface area contributed by atoms with Gasteiger partial charge < -0.3 is 5.32 Å². The monoisotopic (exact) mass is 288 g/mol. The van der Waals surface area contributed by atoms with E-state index < -0.39 is 0 Å². The number of aryl methyl sites for hydroxylation is 1. The molecule has 0 aliphatic heterocycles. The van der Waals surface area contributed by atoms with Gasteiger partial charge in [-0.25, -0.2) is 15.0 Å². The lowest BCUT2D eigenvalue weighted by Gasteiger charge is -2.04. The summed E-state index contributed by atoms with van der Waals surface area (Å²) < 4.78 is 0. The second-order valence-electron chi connectivity index (χ2n) is 3.03. The Morgan fingerprint density at radius 3 is 2.82 bits per heavy atom. The summed E-state index contributed by atoms with van der Waals surface area (Å²) in [5, 5.41) is 5.18. The molecular weight excluding hydrogens is 283 g/mol. The van der Waals surface area contributed by atoms with Crippen LogP contribution in [0.1, 0.15) is 15.5 Å². The number of halogens is 2. The van der Waals surface area contributed by atoms with Crippen molar-refractivity contribution in [3.63, 3.8) is 0 Å². The predicted molar refractivity (Wildman–Crippen MR) is 66.9 cm³/mol. The average Bonchev–Trinajstić information content (AvgIpc) is 2.72. The molecule has 88 valence electrons. The summed E-state index contributed by atoms with van der Waals surface area (Å²) in [4.78, 5) is 23.3. The van der Waals surface area contributed by atoms with Crippen LogP contribution in [0.4, 0.5) is 5.82 Å². The third-order valence-corrected chi connectivity index (χ3v) is 3.35. The maximum Gasteiger partial charge on any atom is 0.276 e. The third kappa shape index (κ3) is 2.71. The Kier molecular flexibility index (Phi) is 3.56. The van der Waals surface area contributed by atoms with Crippen LogP contribution in [-0.4, -0.2) is 20.9 Å². The van der Waals surface area contributed by atoms with Crippen LogP contribution >= 0.6 is 34.5 Å². The smallest absolute Gasteiger partial charge is 0.276 e. The molecule has 2 aromatic heterocycles. The zero-order valence-electron chi connectivity index (χ0n) is 8.57. The van der Waals surface area contributed by atoms with E-state index in [-0.39, 0.29) is 21.9 Å². The van der Waals surface area contributed by atoms with Crippen LogP contribution in [0.15, 0.2) is 11.7 Å². The molecule has 1 N–H and O–H groups in total. The minimum atomic E-state index is -0.383. The van der Waals surface area contributed by atoms with Gasteiger partial charge in [-0.05, 0) is 6.92 Å². The van der Waals surface area contributed by atoms with Crippen LogP contribution in [0.2, 0.25) is 10.2 Å². The fourth-order valence-corrected chi connectivity index (χ4v) is 1.95. The van der Waals surface area contributed by atoms with Crippen molar-refractivity contribution in [2.45, 2.75) is 6.92 Å². The van der Waals surface area contributed by atoms with E-state index in [2.05, 4.69) is 20.3 Å². The van der Waals surface area contributed by atoms with Gasteiger partial charge in [0, 0.05) is 5.38 Å². The van der Waals surface area contributed by atoms with Gasteiger partial charge >= 0.3 is 0 Å². The summed E-state index contributed by atoms with van der Waals surface area (Å²) in [5.74, 6) is -0.215. The lowest BCUT2D eigenvalue weighted by molar-refractivity contribution is 0.102. The molecule has 0 unspecified atom stereocenters. The number of aromatic nitrogens is 3. The van der Waals surface area contributed by atoms with Crippen molar-refractivity contribution in [1.29, 1.82) is 0 Å². The largest absolute Gasteiger partial charge is 0.304 e. The molecule has 0 spiro atoms. The number of hydrogen-bond donors (Lipinski definition) is 1. The van der Waals surface area contributed by atoms with E-state index in [1.807, 2.05) is 6.92 Å². The number of carbonyl (C=O) groups excluding carboxylic acids is 1. The summed E-state index contributed by atoms with van der Waals surface area (Å²) in [6, 6.07) is 0. The molecule has 0 bridgehead atoms. The SMILES string of the molecule is Cc1nc(C(=O)Nc2ncnc(Cl)c2Cl)cs1. The minimum absolute atomic E-state index is 0.0893. The van der Waals surface area contributed by atoms with Crippen molar-refractivity contribution in [1.82, 2.24) is 15.0 Å². The van der Waals surface area contributed by atoms with Crippen LogP contribution in [0.3, 0.4) is 0 Å². The van der Waals surface area contributed by atoms with E-state index in [9.17, 15) is 4.79 Å². The summed E-state index contributed by atoms with van der Waals surface area (Å²) in [5.41, 5.74) is 0.318. The van der Waals surface area contributed by atoms with Gasteiger partial charge in [-0.15, -0.1) is 11.3 Å². The summed E-state index contributed by atoms with van der Waals surface area (Å²) in [6.07, 6.45) is 1.22. The van der Waals surface area contributed by atoms with E-state index >= 15 is 0 Å². The number of nitrogens with one attached hydrogen (secondary N) is 1. The first-order valence-corrected chi connectivity index (χ1v) is 6.11. The molecule has 0 saturated carbocycles. The standard InChI is InChI=1S/C9H6Cl2N4OS/c1-4-14-5(2-17-4)9(16)15-8-6(10)7(11)12-3-13-8/h2-3H,1H3,(H,12,13,15,16). The first-order valence-electron chi connectivity index (χ1n) is 4.47. The molecule has 0 aliphatic rings. The molecule has 0 aromatic carbocycles. The first-order chi connectivity index (χ1) is 8.08. The van der Waals surface area contributed by atoms with Crippen LogP contribution in [0, 0.1) is 6.92 Å². The molecule has 2 heterocycles. The highest BCUT2D eigenvalue weighted by molar-refractivity contribution is 7.09. The highest BCUT2D eigenvalue weighted by Gasteiger charge is 2.14. The Labute approximate surface area is 111 Å². The van der Waals surface area contributed by atoms with Gasteiger partial charge in [0.1, 0.15) is 17.0 Å². The Balaban J connectivity index is 2.21. The molecule has 2 aromatic rings. The fraction of sp³-hybridized carbons (Fsp3) is 0.111. The van der Waals surface area contributed by atoms with E-state index in [1.54, 1.807) is 5.38 Å². The zero-order chi connectivity index (χ0) is 12.4. The zero-order valence-corrected chi connectivity index (χ0v) is 10.9. The fourth-order valence-electron chi connectivity index (χ4n) is 1.07. The Morgan fingerprint density at radius 1 is 1.41 bits per heavy atom. The Hall–Kier alpha value is -1.24. The first kappa shape index (κ1) is 12.2. The molecule has 5 nitrogen and oxygen atoms in total. The van der Waals surface area contributed by atoms with Gasteiger partial charge in [0.2, 0.25) is 0 Å². The highest BCUT2D eigenvalue weighted by Crippen LogP contribution is 2.25. The predicted octanol–water partition coefficient (Wildman–Crippen LogP) is 2.80. The van der Waals surface area contributed by atoms with Crippen LogP contribution in [0.25, 0.3) is 0 Å². The summed E-state index contributed by atoms with van der Waals surface area (Å²) in [6.45, 7) is 1.82. The van der Waals surface area contributed by atoms with Crippen molar-refractivity contribution in [2.75, 3.05) is 5.32 Å². The van der Waals surface area contributed by atoms with Crippen molar-refractivity contribution in [3.8, 4) is 0 Å². The quantitative estimate of drug-likeness (QED) is 0.863. The Bertz CT molecular complexity index is 572. The summed E-state index contributed by atoms with van der Waals surface area (Å²) >= 11 is 12.9. The average molecular weight is 289 g/mol. The van der Waals surface area contributed by atoms with E-state index in [1.165, 1.54) is 17.7 Å². The van der Waals surface area contributed by atoms with Gasteiger partial charge in [-0.1, -0.05) is 23.2 Å². The normalized spacial score (nSPS) is 10.3. The molecule has 8 heteroatoms. The van der Waals surface area contributed by atoms with Crippen molar-refractivity contribution >= 4 is 46.3 Å². The van der Waals surface area contributed by atoms with E-state index in [0.29, 0.717) is 5.69 Å². The molecule has 0 aliphatic carbocycles. The number of nitrogens with zero attached hydrogens (tertiary/aromatic N) is 3. The number of rotatable bonds is 2. The van der Waals surface area contributed by atoms with E-state index in [0.717, 1.165) is 5.01 Å². The van der Waals surface area contributed by atoms with E-state index in [4.69, 9.17) is 23.2 Å². The van der Waals surface area contributed by atoms with Crippen LogP contribution < -0.4 is 5.32 Å². The second-order valence-corrected chi connectivity index (χ2v) is 4.83. The van der Waals surface area contributed by atoms with Gasteiger partial charge in [0.05, 0.1) is 5.01 Å². The van der Waals surface area contributed by atoms with Gasteiger partial charge in [0.15, 0.2) is 11.0 Å². The van der Waals surface area contributed by atoms with Crippen molar-refractivity contribution in [2.24, 2.45) is 0 Å². The molecule has 0 saturated heterocycles. The molecular formula is C9H6Cl2N4OS. The lowest BCUT2D eigenvalue weighted by atomic mass is 10.4. The van der Waals surface area contributed by atoms with Crippen LogP contribution in [-0.2, 0) is 0 Å². The van der Waals surface area contributed by atoms with Gasteiger partial charge in [-0.3, -0.25) is 4.79 Å². The van der Waals surface area contributed by atoms with Crippen molar-refractivity contribution < 1.29 is 4.79 Å². The molecule has 1 amide bonds. The van der Waals surface area contributed by atoms with Gasteiger partial charge in [0.25, 0.3) is 5.91 Å². The number of anilines is 1. The topological polar surface area (TPSA) is 67.8 Å². The third-order valence-electron chi connectivity index (χ3n) is 1.83. The minimum Gasteiger partial charge on any atom is -0.304 e. The van der Waals surface area contributed by atoms with Crippen molar-refractivity contribution in [3.05, 3.63) is 32.6 Å². The summed E-state index contributed by atoms with van der Waals surface area (Å²) in [7, 11) is 0. The maximum absolute atomic E-state index is 11.8. The molecule has 0 fully saturated rings. The van der Waals surface area contributed by atoms with Gasteiger partial charge in [-0.2, -0.15) is 0 Å². The number of thiazole rings is 1.